The van der Waals surface area contributed by atoms with Crippen LogP contribution in [0.1, 0.15) is 11.3 Å². The van der Waals surface area contributed by atoms with Crippen molar-refractivity contribution in [3.8, 4) is 17.1 Å². The molecule has 0 N–H and O–H groups in total. The van der Waals surface area contributed by atoms with E-state index in [0.717, 1.165) is 0 Å². The lowest BCUT2D eigenvalue weighted by atomic mass is 10.2. The van der Waals surface area contributed by atoms with E-state index >= 15 is 0 Å². The topological polar surface area (TPSA) is 87.2 Å². The molecule has 0 unspecified atom stereocenters. The fraction of sp³-hybridized carbons (Fsp3) is 0.250. The molecule has 0 aliphatic carbocycles. The van der Waals surface area contributed by atoms with Gasteiger partial charge in [0.15, 0.2) is 5.82 Å². The first-order chi connectivity index (χ1) is 11.4. The third-order valence-corrected chi connectivity index (χ3v) is 5.33. The van der Waals surface area contributed by atoms with Gasteiger partial charge in [-0.3, -0.25) is 0 Å². The lowest BCUT2D eigenvalue weighted by Crippen LogP contribution is -2.11. The summed E-state index contributed by atoms with van der Waals surface area (Å²) in [6.45, 7) is 1.79. The third kappa shape index (κ3) is 2.92. The maximum atomic E-state index is 12.7. The Morgan fingerprint density at radius 3 is 2.71 bits per heavy atom. The van der Waals surface area contributed by atoms with Crippen molar-refractivity contribution in [3.63, 3.8) is 0 Å². The molecule has 0 atom stereocenters. The second-order valence-corrected chi connectivity index (χ2v) is 7.25. The van der Waals surface area contributed by atoms with E-state index in [9.17, 15) is 8.42 Å². The molecule has 0 radical (unpaired) electrons. The van der Waals surface area contributed by atoms with E-state index in [4.69, 9.17) is 9.15 Å². The molecule has 3 aromatic rings. The minimum absolute atomic E-state index is 0.0825. The van der Waals surface area contributed by atoms with Gasteiger partial charge in [0.1, 0.15) is 11.5 Å². The van der Waals surface area contributed by atoms with Crippen LogP contribution >= 0.6 is 0 Å². The SMILES string of the molecule is COc1cccc(CS(=O)(=O)c2nnc(-c3ccoc3C)n2C)c1. The molecule has 0 aliphatic rings. The van der Waals surface area contributed by atoms with Gasteiger partial charge in [-0.25, -0.2) is 8.42 Å². The number of hydrogen-bond acceptors (Lipinski definition) is 6. The third-order valence-electron chi connectivity index (χ3n) is 3.70. The van der Waals surface area contributed by atoms with E-state index in [-0.39, 0.29) is 10.9 Å². The van der Waals surface area contributed by atoms with Gasteiger partial charge in [0, 0.05) is 7.05 Å². The van der Waals surface area contributed by atoms with Gasteiger partial charge in [-0.05, 0) is 30.7 Å². The molecule has 8 heteroatoms. The van der Waals surface area contributed by atoms with Crippen molar-refractivity contribution in [1.29, 1.82) is 0 Å². The first kappa shape index (κ1) is 16.3. The van der Waals surface area contributed by atoms with Crippen molar-refractivity contribution in [1.82, 2.24) is 14.8 Å². The summed E-state index contributed by atoms with van der Waals surface area (Å²) in [6, 6.07) is 8.67. The summed E-state index contributed by atoms with van der Waals surface area (Å²) < 4.78 is 37.2. The molecule has 0 amide bonds. The van der Waals surface area contributed by atoms with E-state index in [1.54, 1.807) is 44.3 Å². The zero-order chi connectivity index (χ0) is 17.3. The van der Waals surface area contributed by atoms with Crippen molar-refractivity contribution >= 4 is 9.84 Å². The minimum atomic E-state index is -3.65. The average molecular weight is 347 g/mol. The number of furan rings is 1. The summed E-state index contributed by atoms with van der Waals surface area (Å²) in [5, 5.41) is 7.80. The van der Waals surface area contributed by atoms with E-state index < -0.39 is 9.84 Å². The van der Waals surface area contributed by atoms with Crippen LogP contribution < -0.4 is 4.74 Å². The van der Waals surface area contributed by atoms with Gasteiger partial charge in [-0.1, -0.05) is 12.1 Å². The molecule has 0 saturated heterocycles. The van der Waals surface area contributed by atoms with Crippen molar-refractivity contribution in [2.45, 2.75) is 17.8 Å². The van der Waals surface area contributed by atoms with Crippen molar-refractivity contribution in [2.75, 3.05) is 7.11 Å². The Morgan fingerprint density at radius 2 is 2.04 bits per heavy atom. The Balaban J connectivity index is 1.96. The van der Waals surface area contributed by atoms with Crippen molar-refractivity contribution < 1.29 is 17.6 Å². The van der Waals surface area contributed by atoms with Gasteiger partial charge in [-0.2, -0.15) is 0 Å². The molecule has 2 heterocycles. The van der Waals surface area contributed by atoms with Crippen molar-refractivity contribution in [2.24, 2.45) is 7.05 Å². The highest BCUT2D eigenvalue weighted by atomic mass is 32.2. The number of rotatable bonds is 5. The number of hydrogen-bond donors (Lipinski definition) is 0. The van der Waals surface area contributed by atoms with E-state index in [2.05, 4.69) is 10.2 Å². The van der Waals surface area contributed by atoms with Crippen LogP contribution in [0, 0.1) is 6.92 Å². The zero-order valence-corrected chi connectivity index (χ0v) is 14.4. The molecule has 0 bridgehead atoms. The van der Waals surface area contributed by atoms with Gasteiger partial charge in [-0.15, -0.1) is 10.2 Å². The van der Waals surface area contributed by atoms with Crippen LogP contribution in [0.3, 0.4) is 0 Å². The smallest absolute Gasteiger partial charge is 0.250 e. The maximum absolute atomic E-state index is 12.7. The fourth-order valence-corrected chi connectivity index (χ4v) is 3.90. The lowest BCUT2D eigenvalue weighted by molar-refractivity contribution is 0.414. The largest absolute Gasteiger partial charge is 0.497 e. The summed E-state index contributed by atoms with van der Waals surface area (Å²) in [5.74, 6) is 1.53. The monoisotopic (exact) mass is 347 g/mol. The predicted octanol–water partition coefficient (Wildman–Crippen LogP) is 2.37. The van der Waals surface area contributed by atoms with Gasteiger partial charge >= 0.3 is 0 Å². The quantitative estimate of drug-likeness (QED) is 0.704. The molecule has 0 spiro atoms. The Morgan fingerprint density at radius 1 is 1.25 bits per heavy atom. The number of benzene rings is 1. The maximum Gasteiger partial charge on any atom is 0.250 e. The molecule has 0 aliphatic heterocycles. The Kier molecular flexibility index (Phi) is 4.15. The molecular weight excluding hydrogens is 330 g/mol. The Bertz CT molecular complexity index is 973. The van der Waals surface area contributed by atoms with Crippen LogP contribution in [0.25, 0.3) is 11.4 Å². The summed E-state index contributed by atoms with van der Waals surface area (Å²) in [6.07, 6.45) is 1.53. The highest BCUT2D eigenvalue weighted by Crippen LogP contribution is 2.25. The number of methoxy groups -OCH3 is 1. The standard InChI is InChI=1S/C16H17N3O4S/c1-11-14(7-8-23-11)15-17-18-16(19(15)2)24(20,21)10-12-5-4-6-13(9-12)22-3/h4-9H,10H2,1-3H3. The van der Waals surface area contributed by atoms with Gasteiger partial charge in [0.2, 0.25) is 15.0 Å². The van der Waals surface area contributed by atoms with E-state index in [1.165, 1.54) is 17.9 Å². The molecule has 7 nitrogen and oxygen atoms in total. The highest BCUT2D eigenvalue weighted by molar-refractivity contribution is 7.90. The number of nitrogens with zero attached hydrogens (tertiary/aromatic N) is 3. The average Bonchev–Trinajstić information content (AvgIpc) is 3.12. The summed E-state index contributed by atoms with van der Waals surface area (Å²) in [5.41, 5.74) is 1.34. The summed E-state index contributed by atoms with van der Waals surface area (Å²) in [7, 11) is -0.486. The van der Waals surface area contributed by atoms with Gasteiger partial charge in [0.25, 0.3) is 0 Å². The number of aromatic nitrogens is 3. The van der Waals surface area contributed by atoms with Gasteiger partial charge < -0.3 is 13.7 Å². The normalized spacial score (nSPS) is 11.6. The molecule has 0 saturated carbocycles. The molecule has 126 valence electrons. The van der Waals surface area contributed by atoms with Crippen LogP contribution in [0.5, 0.6) is 5.75 Å². The fourth-order valence-electron chi connectivity index (χ4n) is 2.48. The van der Waals surface area contributed by atoms with Crippen LogP contribution in [0.15, 0.2) is 46.2 Å². The highest BCUT2D eigenvalue weighted by Gasteiger charge is 2.25. The van der Waals surface area contributed by atoms with E-state index in [1.807, 2.05) is 0 Å². The minimum Gasteiger partial charge on any atom is -0.497 e. The molecule has 2 aromatic heterocycles. The van der Waals surface area contributed by atoms with Crippen LogP contribution in [0.2, 0.25) is 0 Å². The summed E-state index contributed by atoms with van der Waals surface area (Å²) >= 11 is 0. The first-order valence-electron chi connectivity index (χ1n) is 7.22. The van der Waals surface area contributed by atoms with Crippen molar-refractivity contribution in [3.05, 3.63) is 47.9 Å². The lowest BCUT2D eigenvalue weighted by Gasteiger charge is -2.06. The number of aryl methyl sites for hydroxylation is 1. The molecule has 1 aromatic carbocycles. The van der Waals surface area contributed by atoms with Gasteiger partial charge in [0.05, 0.1) is 24.7 Å². The molecule has 0 fully saturated rings. The second-order valence-electron chi connectivity index (χ2n) is 5.37. The number of sulfone groups is 1. The predicted molar refractivity (Wildman–Crippen MR) is 87.3 cm³/mol. The van der Waals surface area contributed by atoms with E-state index in [0.29, 0.717) is 28.5 Å². The second kappa shape index (κ2) is 6.12. The Hall–Kier alpha value is -2.61. The summed E-state index contributed by atoms with van der Waals surface area (Å²) in [4.78, 5) is 0. The molecule has 24 heavy (non-hydrogen) atoms. The molecular formula is C16H17N3O4S. The zero-order valence-electron chi connectivity index (χ0n) is 13.6. The first-order valence-corrected chi connectivity index (χ1v) is 8.87. The Labute approximate surface area is 139 Å². The number of ether oxygens (including phenoxy) is 1. The van der Waals surface area contributed by atoms with Crippen LogP contribution in [-0.2, 0) is 22.6 Å². The van der Waals surface area contributed by atoms with Crippen LogP contribution in [0.4, 0.5) is 0 Å². The van der Waals surface area contributed by atoms with Crippen LogP contribution in [-0.4, -0.2) is 30.3 Å². The molecule has 3 rings (SSSR count).